The zero-order valence-electron chi connectivity index (χ0n) is 17.5. The summed E-state index contributed by atoms with van der Waals surface area (Å²) >= 11 is 0. The molecule has 154 valence electrons. The van der Waals surface area contributed by atoms with Crippen LogP contribution in [0.4, 0.5) is 0 Å². The lowest BCUT2D eigenvalue weighted by Gasteiger charge is -2.03. The van der Waals surface area contributed by atoms with Crippen LogP contribution >= 0.6 is 0 Å². The Bertz CT molecular complexity index is 2040. The van der Waals surface area contributed by atoms with Crippen molar-refractivity contribution in [1.29, 1.82) is 5.26 Å². The van der Waals surface area contributed by atoms with E-state index in [4.69, 9.17) is 21.5 Å². The second kappa shape index (κ2) is 6.61. The number of nitriles is 1. The van der Waals surface area contributed by atoms with Crippen molar-refractivity contribution in [3.8, 4) is 6.19 Å². The van der Waals surface area contributed by atoms with E-state index < -0.39 is 0 Å². The normalized spacial score (nSPS) is 13.0. The molecule has 2 aromatic heterocycles. The molecule has 0 amide bonds. The van der Waals surface area contributed by atoms with E-state index in [1.165, 1.54) is 0 Å². The van der Waals surface area contributed by atoms with Crippen molar-refractivity contribution >= 4 is 65.4 Å². The summed E-state index contributed by atoms with van der Waals surface area (Å²) in [6.45, 7) is 7.25. The number of benzene rings is 3. The van der Waals surface area contributed by atoms with E-state index >= 15 is 0 Å². The van der Waals surface area contributed by atoms with Crippen LogP contribution < -0.4 is 10.7 Å². The summed E-state index contributed by atoms with van der Waals surface area (Å²) in [5.74, 6) is 0. The van der Waals surface area contributed by atoms with Crippen molar-refractivity contribution in [2.24, 2.45) is 10.1 Å². The Morgan fingerprint density at radius 3 is 2.09 bits per heavy atom. The molecule has 34 heavy (non-hydrogen) atoms. The molecule has 0 aliphatic carbocycles. The first-order valence-corrected chi connectivity index (χ1v) is 10.5. The van der Waals surface area contributed by atoms with Gasteiger partial charge in [0.05, 0.1) is 32.7 Å². The van der Waals surface area contributed by atoms with Gasteiger partial charge in [0.1, 0.15) is 10.9 Å². The van der Waals surface area contributed by atoms with Gasteiger partial charge in [-0.3, -0.25) is 0 Å². The van der Waals surface area contributed by atoms with Crippen molar-refractivity contribution in [2.75, 3.05) is 0 Å². The Balaban J connectivity index is 1.65. The van der Waals surface area contributed by atoms with Crippen molar-refractivity contribution < 1.29 is 0 Å². The maximum absolute atomic E-state index is 9.25. The highest BCUT2D eigenvalue weighted by Crippen LogP contribution is 2.30. The molecule has 0 bridgehead atoms. The maximum atomic E-state index is 9.25. The third-order valence-corrected chi connectivity index (χ3v) is 6.27. The first kappa shape index (κ1) is 18.3. The Hall–Kier alpha value is -5.27. The number of pyridine rings is 1. The predicted octanol–water partition coefficient (Wildman–Crippen LogP) is 4.78. The lowest BCUT2D eigenvalue weighted by atomic mass is 10.1. The Morgan fingerprint density at radius 1 is 0.676 bits per heavy atom. The predicted molar refractivity (Wildman–Crippen MR) is 131 cm³/mol. The molecule has 7 aromatic rings. The summed E-state index contributed by atoms with van der Waals surface area (Å²) in [6.07, 6.45) is 1.91. The molecule has 0 fully saturated rings. The van der Waals surface area contributed by atoms with E-state index in [1.54, 1.807) is 0 Å². The van der Waals surface area contributed by atoms with Crippen molar-refractivity contribution in [2.45, 2.75) is 0 Å². The van der Waals surface area contributed by atoms with Crippen molar-refractivity contribution in [3.63, 3.8) is 0 Å². The zero-order valence-corrected chi connectivity index (χ0v) is 17.5. The lowest BCUT2D eigenvalue weighted by molar-refractivity contribution is 1.35. The highest BCUT2D eigenvalue weighted by molar-refractivity contribution is 6.14. The van der Waals surface area contributed by atoms with Gasteiger partial charge in [0.25, 0.3) is 0 Å². The van der Waals surface area contributed by atoms with Gasteiger partial charge in [-0.15, -0.1) is 4.95 Å². The first-order valence-electron chi connectivity index (χ1n) is 10.5. The van der Waals surface area contributed by atoms with Gasteiger partial charge in [-0.25, -0.2) is 15.0 Å². The van der Waals surface area contributed by atoms with Gasteiger partial charge in [-0.05, 0) is 23.6 Å². The van der Waals surface area contributed by atoms with Crippen LogP contribution in [-0.2, 0) is 0 Å². The van der Waals surface area contributed by atoms with Crippen LogP contribution in [0.3, 0.4) is 0 Å². The molecule has 0 saturated carbocycles. The summed E-state index contributed by atoms with van der Waals surface area (Å²) in [5.41, 5.74) is 4.18. The summed E-state index contributed by atoms with van der Waals surface area (Å²) in [5, 5.41) is 19.9. The fourth-order valence-corrected chi connectivity index (χ4v) is 4.85. The molecule has 7 heteroatoms. The maximum Gasteiger partial charge on any atom is 0.206 e. The molecule has 0 N–H and O–H groups in total. The van der Waals surface area contributed by atoms with Crippen LogP contribution in [0.1, 0.15) is 0 Å². The average molecular weight is 433 g/mol. The van der Waals surface area contributed by atoms with Crippen molar-refractivity contribution in [1.82, 2.24) is 15.0 Å². The van der Waals surface area contributed by atoms with Gasteiger partial charge < -0.3 is 0 Å². The number of fused-ring (bicyclic) bond motifs is 8. The third-order valence-electron chi connectivity index (χ3n) is 6.27. The molecule has 5 aromatic carbocycles. The van der Waals surface area contributed by atoms with Gasteiger partial charge in [0.15, 0.2) is 5.36 Å². The molecule has 0 saturated heterocycles. The second-order valence-corrected chi connectivity index (χ2v) is 8.04. The molecule has 0 radical (unpaired) electrons. The number of hydrogen-bond donors (Lipinski definition) is 0. The van der Waals surface area contributed by atoms with Crippen LogP contribution in [0.5, 0.6) is 0 Å². The minimum absolute atomic E-state index is 0.549. The largest absolute Gasteiger partial charge is 0.245 e. The molecule has 0 aliphatic rings. The molecule has 7 nitrogen and oxygen atoms in total. The first-order chi connectivity index (χ1) is 16.8. The van der Waals surface area contributed by atoms with Crippen LogP contribution in [-0.4, -0.2) is 15.0 Å². The SMILES string of the molecule is [C-]#[N+]/N=c1/c2ccccc2c2nc3cc4nc5c(=NC#N)c6ccccc6c5cc4cc3nc12. The van der Waals surface area contributed by atoms with E-state index in [9.17, 15) is 5.26 Å². The molecular formula is C27H11N7. The van der Waals surface area contributed by atoms with E-state index in [-0.39, 0.29) is 0 Å². The van der Waals surface area contributed by atoms with Crippen LogP contribution in [0, 0.1) is 18.0 Å². The highest BCUT2D eigenvalue weighted by Gasteiger charge is 2.16. The van der Waals surface area contributed by atoms with E-state index in [2.05, 4.69) is 21.1 Å². The Kier molecular flexibility index (Phi) is 3.56. The number of aromatic nitrogens is 3. The smallest absolute Gasteiger partial charge is 0.206 e. The van der Waals surface area contributed by atoms with E-state index in [0.29, 0.717) is 38.3 Å². The minimum atomic E-state index is 0.549. The second-order valence-electron chi connectivity index (χ2n) is 8.04. The third kappa shape index (κ3) is 2.35. The van der Waals surface area contributed by atoms with Crippen LogP contribution in [0.2, 0.25) is 0 Å². The van der Waals surface area contributed by atoms with E-state index in [0.717, 1.165) is 37.8 Å². The molecular weight excluding hydrogens is 422 g/mol. The van der Waals surface area contributed by atoms with Gasteiger partial charge in [0.2, 0.25) is 6.19 Å². The molecule has 0 spiro atoms. The van der Waals surface area contributed by atoms with Gasteiger partial charge >= 0.3 is 0 Å². The summed E-state index contributed by atoms with van der Waals surface area (Å²) in [4.78, 5) is 22.0. The fourth-order valence-electron chi connectivity index (χ4n) is 4.85. The van der Waals surface area contributed by atoms with Gasteiger partial charge in [-0.1, -0.05) is 48.5 Å². The van der Waals surface area contributed by atoms with Crippen LogP contribution in [0.15, 0.2) is 76.8 Å². The van der Waals surface area contributed by atoms with Gasteiger partial charge in [0, 0.05) is 26.9 Å². The Morgan fingerprint density at radius 2 is 1.32 bits per heavy atom. The average Bonchev–Trinajstić information content (AvgIpc) is 3.33. The molecule has 7 rings (SSSR count). The number of nitrogens with zero attached hydrogens (tertiary/aromatic N) is 7. The topological polar surface area (TPSA) is 91.5 Å². The Labute approximate surface area is 191 Å². The van der Waals surface area contributed by atoms with Gasteiger partial charge in [-0.2, -0.15) is 16.8 Å². The molecule has 2 heterocycles. The summed E-state index contributed by atoms with van der Waals surface area (Å²) < 4.78 is 0. The monoisotopic (exact) mass is 433 g/mol. The van der Waals surface area contributed by atoms with E-state index in [1.807, 2.05) is 66.9 Å². The number of rotatable bonds is 0. The zero-order chi connectivity index (χ0) is 22.8. The highest BCUT2D eigenvalue weighted by atomic mass is 15.2. The lowest BCUT2D eigenvalue weighted by Crippen LogP contribution is -2.01. The quantitative estimate of drug-likeness (QED) is 0.149. The standard InChI is InChI=1S/C27H11N7/c1-29-34-26-18-9-5-4-8-17(18)24-27(26)33-21-11-14-10-19-15-6-2-3-7-16(15)23(30-13-28)25(19)31-20(14)12-22(21)32-24/h2-12H/b30-23?,34-26-. The van der Waals surface area contributed by atoms with Crippen molar-refractivity contribution in [3.05, 3.63) is 89.0 Å². The van der Waals surface area contributed by atoms with Crippen LogP contribution in [0.25, 0.3) is 70.4 Å². The molecule has 0 aliphatic heterocycles. The molecule has 0 atom stereocenters. The summed E-state index contributed by atoms with van der Waals surface area (Å²) in [7, 11) is 0. The number of hydrogen-bond acceptors (Lipinski definition) is 6. The fraction of sp³-hybridized carbons (Fsp3) is 0. The minimum Gasteiger partial charge on any atom is -0.245 e. The molecule has 0 unspecified atom stereocenters. The summed E-state index contributed by atoms with van der Waals surface area (Å²) in [6, 6.07) is 21.6.